The van der Waals surface area contributed by atoms with E-state index in [-0.39, 0.29) is 11.9 Å². The molecule has 112 valence electrons. The van der Waals surface area contributed by atoms with E-state index in [1.807, 2.05) is 48.7 Å². The Labute approximate surface area is 128 Å². The van der Waals surface area contributed by atoms with E-state index >= 15 is 0 Å². The molecule has 1 amide bonds. The van der Waals surface area contributed by atoms with Crippen molar-refractivity contribution < 1.29 is 9.53 Å². The summed E-state index contributed by atoms with van der Waals surface area (Å²) >= 11 is 1.49. The van der Waals surface area contributed by atoms with Gasteiger partial charge < -0.3 is 15.8 Å². The molecule has 1 aromatic carbocycles. The molecule has 0 radical (unpaired) electrons. The molecule has 21 heavy (non-hydrogen) atoms. The third-order valence-corrected chi connectivity index (χ3v) is 4.33. The molecule has 5 heteroatoms. The third-order valence-electron chi connectivity index (χ3n) is 3.37. The van der Waals surface area contributed by atoms with Crippen LogP contribution in [0.1, 0.15) is 35.9 Å². The van der Waals surface area contributed by atoms with Crippen molar-refractivity contribution in [2.45, 2.75) is 25.4 Å². The van der Waals surface area contributed by atoms with Gasteiger partial charge in [-0.05, 0) is 23.9 Å². The zero-order valence-electron chi connectivity index (χ0n) is 12.2. The van der Waals surface area contributed by atoms with Crippen LogP contribution < -0.4 is 15.8 Å². The van der Waals surface area contributed by atoms with E-state index in [1.165, 1.54) is 11.3 Å². The summed E-state index contributed by atoms with van der Waals surface area (Å²) < 4.78 is 5.36. The molecule has 0 fully saturated rings. The quantitative estimate of drug-likeness (QED) is 0.862. The van der Waals surface area contributed by atoms with Crippen molar-refractivity contribution >= 4 is 17.2 Å². The topological polar surface area (TPSA) is 64.4 Å². The number of rotatable bonds is 6. The number of hydrogen-bond donors (Lipinski definition) is 2. The fraction of sp³-hybridized carbons (Fsp3) is 0.312. The Morgan fingerprint density at radius 1 is 1.33 bits per heavy atom. The molecular weight excluding hydrogens is 284 g/mol. The smallest absolute Gasteiger partial charge is 0.242 e. The second kappa shape index (κ2) is 7.24. The molecular formula is C16H20N2O2S. The predicted molar refractivity (Wildman–Crippen MR) is 85.4 cm³/mol. The molecule has 0 bridgehead atoms. The van der Waals surface area contributed by atoms with E-state index in [4.69, 9.17) is 10.5 Å². The normalized spacial score (nSPS) is 13.5. The first-order valence-corrected chi connectivity index (χ1v) is 7.77. The number of nitrogens with one attached hydrogen (secondary N) is 1. The van der Waals surface area contributed by atoms with Gasteiger partial charge in [-0.25, -0.2) is 0 Å². The summed E-state index contributed by atoms with van der Waals surface area (Å²) in [7, 11) is 1.63. The lowest BCUT2D eigenvalue weighted by Crippen LogP contribution is -2.36. The van der Waals surface area contributed by atoms with Gasteiger partial charge in [-0.1, -0.05) is 31.2 Å². The Morgan fingerprint density at radius 2 is 2.10 bits per heavy atom. The van der Waals surface area contributed by atoms with Gasteiger partial charge in [-0.3, -0.25) is 4.79 Å². The van der Waals surface area contributed by atoms with Gasteiger partial charge in [0.15, 0.2) is 0 Å². The Balaban J connectivity index is 2.13. The minimum Gasteiger partial charge on any atom is -0.496 e. The maximum atomic E-state index is 12.3. The molecule has 2 rings (SSSR count). The average Bonchev–Trinajstić information content (AvgIpc) is 3.06. The highest BCUT2D eigenvalue weighted by atomic mass is 32.1. The van der Waals surface area contributed by atoms with Crippen molar-refractivity contribution in [2.24, 2.45) is 5.73 Å². The van der Waals surface area contributed by atoms with Crippen LogP contribution in [0.2, 0.25) is 0 Å². The number of amides is 1. The number of carbonyl (C=O) groups is 1. The van der Waals surface area contributed by atoms with Crippen LogP contribution in [0.15, 0.2) is 41.8 Å². The Bertz CT molecular complexity index is 584. The van der Waals surface area contributed by atoms with Gasteiger partial charge in [0.25, 0.3) is 0 Å². The van der Waals surface area contributed by atoms with Gasteiger partial charge in [-0.15, -0.1) is 11.3 Å². The van der Waals surface area contributed by atoms with Gasteiger partial charge in [0.2, 0.25) is 5.91 Å². The lowest BCUT2D eigenvalue weighted by Gasteiger charge is -2.21. The summed E-state index contributed by atoms with van der Waals surface area (Å²) in [4.78, 5) is 13.2. The molecule has 2 unspecified atom stereocenters. The monoisotopic (exact) mass is 304 g/mol. The SMILES string of the molecule is CCC(NC(=O)C(N)c1cccs1)c1ccccc1OC. The average molecular weight is 304 g/mol. The number of hydrogen-bond acceptors (Lipinski definition) is 4. The van der Waals surface area contributed by atoms with Crippen LogP contribution in [0.5, 0.6) is 5.75 Å². The second-order valence-corrected chi connectivity index (χ2v) is 5.68. The molecule has 1 heterocycles. The summed E-state index contributed by atoms with van der Waals surface area (Å²) in [6, 6.07) is 10.7. The zero-order valence-corrected chi connectivity index (χ0v) is 13.0. The summed E-state index contributed by atoms with van der Waals surface area (Å²) in [5.74, 6) is 0.601. The van der Waals surface area contributed by atoms with Crippen molar-refractivity contribution in [3.63, 3.8) is 0 Å². The standard InChI is InChI=1S/C16H20N2O2S/c1-3-12(11-7-4-5-8-13(11)20-2)18-16(19)15(17)14-9-6-10-21-14/h4-10,12,15H,3,17H2,1-2H3,(H,18,19). The molecule has 0 aliphatic rings. The van der Waals surface area contributed by atoms with E-state index < -0.39 is 6.04 Å². The Morgan fingerprint density at radius 3 is 2.71 bits per heavy atom. The fourth-order valence-corrected chi connectivity index (χ4v) is 2.94. The lowest BCUT2D eigenvalue weighted by atomic mass is 10.0. The summed E-state index contributed by atoms with van der Waals surface area (Å²) in [6.07, 6.45) is 0.767. The molecule has 4 nitrogen and oxygen atoms in total. The number of carbonyl (C=O) groups excluding carboxylic acids is 1. The highest BCUT2D eigenvalue weighted by Crippen LogP contribution is 2.27. The maximum absolute atomic E-state index is 12.3. The van der Waals surface area contributed by atoms with Gasteiger partial charge in [0, 0.05) is 10.4 Å². The third kappa shape index (κ3) is 3.62. The number of thiophene rings is 1. The van der Waals surface area contributed by atoms with Crippen LogP contribution in [0.3, 0.4) is 0 Å². The molecule has 2 aromatic rings. The summed E-state index contributed by atoms with van der Waals surface area (Å²) in [6.45, 7) is 2.02. The minimum absolute atomic E-state index is 0.111. The molecule has 0 saturated carbocycles. The highest BCUT2D eigenvalue weighted by molar-refractivity contribution is 7.10. The van der Waals surface area contributed by atoms with E-state index in [9.17, 15) is 4.79 Å². The van der Waals surface area contributed by atoms with Crippen molar-refractivity contribution in [3.8, 4) is 5.75 Å². The van der Waals surface area contributed by atoms with Gasteiger partial charge >= 0.3 is 0 Å². The van der Waals surface area contributed by atoms with Gasteiger partial charge in [0.1, 0.15) is 11.8 Å². The van der Waals surface area contributed by atoms with E-state index in [0.717, 1.165) is 22.6 Å². The van der Waals surface area contributed by atoms with Crippen LogP contribution >= 0.6 is 11.3 Å². The summed E-state index contributed by atoms with van der Waals surface area (Å²) in [5.41, 5.74) is 6.97. The number of para-hydroxylation sites is 1. The van der Waals surface area contributed by atoms with Crippen molar-refractivity contribution in [2.75, 3.05) is 7.11 Å². The van der Waals surface area contributed by atoms with Crippen molar-refractivity contribution in [1.82, 2.24) is 5.32 Å². The van der Waals surface area contributed by atoms with E-state index in [0.29, 0.717) is 0 Å². The zero-order chi connectivity index (χ0) is 15.2. The van der Waals surface area contributed by atoms with Gasteiger partial charge in [-0.2, -0.15) is 0 Å². The van der Waals surface area contributed by atoms with Crippen LogP contribution in [-0.4, -0.2) is 13.0 Å². The molecule has 0 spiro atoms. The van der Waals surface area contributed by atoms with Crippen LogP contribution in [0.4, 0.5) is 0 Å². The van der Waals surface area contributed by atoms with Crippen LogP contribution in [0.25, 0.3) is 0 Å². The second-order valence-electron chi connectivity index (χ2n) is 4.70. The maximum Gasteiger partial charge on any atom is 0.242 e. The first-order valence-electron chi connectivity index (χ1n) is 6.89. The minimum atomic E-state index is -0.631. The first-order chi connectivity index (χ1) is 10.2. The van der Waals surface area contributed by atoms with E-state index in [1.54, 1.807) is 7.11 Å². The van der Waals surface area contributed by atoms with Gasteiger partial charge in [0.05, 0.1) is 13.2 Å². The van der Waals surface area contributed by atoms with Crippen LogP contribution in [0, 0.1) is 0 Å². The van der Waals surface area contributed by atoms with Crippen molar-refractivity contribution in [3.05, 3.63) is 52.2 Å². The molecule has 0 saturated heterocycles. The van der Waals surface area contributed by atoms with Crippen LogP contribution in [-0.2, 0) is 4.79 Å². The number of methoxy groups -OCH3 is 1. The molecule has 0 aliphatic carbocycles. The Kier molecular flexibility index (Phi) is 5.36. The highest BCUT2D eigenvalue weighted by Gasteiger charge is 2.22. The number of benzene rings is 1. The molecule has 2 atom stereocenters. The fourth-order valence-electron chi connectivity index (χ4n) is 2.21. The van der Waals surface area contributed by atoms with E-state index in [2.05, 4.69) is 5.32 Å². The first kappa shape index (κ1) is 15.5. The largest absolute Gasteiger partial charge is 0.496 e. The Hall–Kier alpha value is -1.85. The molecule has 1 aromatic heterocycles. The predicted octanol–water partition coefficient (Wildman–Crippen LogP) is 3.02. The summed E-state index contributed by atoms with van der Waals surface area (Å²) in [5, 5.41) is 4.93. The number of ether oxygens (including phenoxy) is 1. The number of nitrogens with two attached hydrogens (primary N) is 1. The molecule has 0 aliphatic heterocycles. The molecule has 3 N–H and O–H groups in total. The lowest BCUT2D eigenvalue weighted by molar-refractivity contribution is -0.123. The van der Waals surface area contributed by atoms with Crippen molar-refractivity contribution in [1.29, 1.82) is 0 Å².